The number of nitrogens with zero attached hydrogens (tertiary/aromatic N) is 1. The Balaban J connectivity index is 1.75. The van der Waals surface area contributed by atoms with Crippen molar-refractivity contribution in [1.82, 2.24) is 4.98 Å². The Morgan fingerprint density at radius 3 is 2.18 bits per heavy atom. The third kappa shape index (κ3) is 5.12. The van der Waals surface area contributed by atoms with Crippen LogP contribution in [0.2, 0.25) is 5.02 Å². The van der Waals surface area contributed by atoms with Gasteiger partial charge in [-0.25, -0.2) is 22.9 Å². The number of primary sulfonamides is 1. The molecule has 0 spiro atoms. The molecule has 6 nitrogen and oxygen atoms in total. The molecule has 0 saturated heterocycles. The Hall–Kier alpha value is -3.11. The largest absolute Gasteiger partial charge is 0.364 e. The van der Waals surface area contributed by atoms with Crippen LogP contribution in [0.1, 0.15) is 20.2 Å². The van der Waals surface area contributed by atoms with Gasteiger partial charge in [0.2, 0.25) is 10.0 Å². The first kappa shape index (κ1) is 23.1. The van der Waals surface area contributed by atoms with Crippen molar-refractivity contribution in [2.24, 2.45) is 10.9 Å². The topological polar surface area (TPSA) is 116 Å². The Morgan fingerprint density at radius 1 is 0.970 bits per heavy atom. The maximum absolute atomic E-state index is 13.3. The highest BCUT2D eigenvalue weighted by Gasteiger charge is 2.19. The highest BCUT2D eigenvalue weighted by molar-refractivity contribution is 7.89. The van der Waals surface area contributed by atoms with Gasteiger partial charge in [0.1, 0.15) is 5.82 Å². The van der Waals surface area contributed by atoms with Crippen LogP contribution in [0.3, 0.4) is 0 Å². The molecule has 0 bridgehead atoms. The van der Waals surface area contributed by atoms with E-state index in [4.69, 9.17) is 22.5 Å². The van der Waals surface area contributed by atoms with Crippen LogP contribution in [-0.2, 0) is 16.4 Å². The second-order valence-corrected chi connectivity index (χ2v) is 10.3. The van der Waals surface area contributed by atoms with Crippen LogP contribution < -0.4 is 10.9 Å². The van der Waals surface area contributed by atoms with Gasteiger partial charge in [-0.05, 0) is 53.1 Å². The average Bonchev–Trinajstić information content (AvgIpc) is 3.20. The number of sulfonamides is 1. The first-order chi connectivity index (χ1) is 15.6. The monoisotopic (exact) mass is 501 g/mol. The molecule has 0 unspecified atom stereocenters. The maximum Gasteiger partial charge on any atom is 0.277 e. The van der Waals surface area contributed by atoms with Crippen LogP contribution in [0.4, 0.5) is 4.39 Å². The molecule has 4 N–H and O–H groups in total. The number of hydrogen-bond donors (Lipinski definition) is 2. The van der Waals surface area contributed by atoms with E-state index in [1.807, 2.05) is 12.1 Å². The van der Waals surface area contributed by atoms with E-state index in [2.05, 4.69) is 4.98 Å². The van der Waals surface area contributed by atoms with E-state index in [9.17, 15) is 17.6 Å². The summed E-state index contributed by atoms with van der Waals surface area (Å²) < 4.78 is 36.4. The summed E-state index contributed by atoms with van der Waals surface area (Å²) >= 11 is 7.59. The molecule has 0 aliphatic rings. The van der Waals surface area contributed by atoms with Crippen molar-refractivity contribution in [3.63, 3.8) is 0 Å². The third-order valence-corrected chi connectivity index (χ3v) is 7.31. The summed E-state index contributed by atoms with van der Waals surface area (Å²) in [6, 6.07) is 17.5. The minimum Gasteiger partial charge on any atom is -0.364 e. The minimum absolute atomic E-state index is 0.0341. The van der Waals surface area contributed by atoms with E-state index >= 15 is 0 Å². The van der Waals surface area contributed by atoms with Gasteiger partial charge in [-0.2, -0.15) is 0 Å². The Morgan fingerprint density at radius 2 is 1.58 bits per heavy atom. The molecular formula is C23H17ClFN3O3S2. The zero-order valence-electron chi connectivity index (χ0n) is 17.0. The van der Waals surface area contributed by atoms with Crippen molar-refractivity contribution in [2.45, 2.75) is 11.3 Å². The van der Waals surface area contributed by atoms with E-state index < -0.39 is 15.9 Å². The van der Waals surface area contributed by atoms with Gasteiger partial charge >= 0.3 is 0 Å². The van der Waals surface area contributed by atoms with Crippen molar-refractivity contribution in [3.8, 4) is 22.4 Å². The molecule has 0 aliphatic carbocycles. The molecule has 0 saturated carbocycles. The van der Waals surface area contributed by atoms with Crippen LogP contribution in [0.15, 0.2) is 71.6 Å². The summed E-state index contributed by atoms with van der Waals surface area (Å²) in [6.45, 7) is 0. The number of thiazole rings is 1. The van der Waals surface area contributed by atoms with E-state index in [-0.39, 0.29) is 15.7 Å². The fourth-order valence-electron chi connectivity index (χ4n) is 3.31. The Bertz CT molecular complexity index is 1450. The lowest BCUT2D eigenvalue weighted by molar-refractivity contribution is 0.1000. The number of aromatic nitrogens is 1. The van der Waals surface area contributed by atoms with E-state index in [0.717, 1.165) is 32.9 Å². The van der Waals surface area contributed by atoms with Gasteiger partial charge in [-0.15, -0.1) is 11.3 Å². The molecule has 1 aromatic heterocycles. The molecule has 10 heteroatoms. The smallest absolute Gasteiger partial charge is 0.277 e. The number of amides is 1. The predicted octanol–water partition coefficient (Wildman–Crippen LogP) is 4.61. The lowest BCUT2D eigenvalue weighted by Gasteiger charge is -2.09. The van der Waals surface area contributed by atoms with Crippen molar-refractivity contribution in [2.75, 3.05) is 0 Å². The molecule has 4 aromatic rings. The van der Waals surface area contributed by atoms with Gasteiger partial charge in [0.15, 0.2) is 5.01 Å². The standard InChI is InChI=1S/C23H17ClFN3O3S2/c24-19-10-5-15(13-1-6-17(25)7-2-13)11-16(19)12-20-21(28-23(32-20)22(26)29)14-3-8-18(9-4-14)33(27,30)31/h1-11H,12H2,(H2,26,29)(H2,27,30,31). The fourth-order valence-corrected chi connectivity index (χ4v) is 4.97. The van der Waals surface area contributed by atoms with Crippen LogP contribution in [0, 0.1) is 5.82 Å². The quantitative estimate of drug-likeness (QED) is 0.401. The van der Waals surface area contributed by atoms with Crippen molar-refractivity contribution in [3.05, 3.63) is 93.0 Å². The minimum atomic E-state index is -3.84. The van der Waals surface area contributed by atoms with Crippen LogP contribution in [-0.4, -0.2) is 19.3 Å². The first-order valence-corrected chi connectivity index (χ1v) is 12.3. The predicted molar refractivity (Wildman–Crippen MR) is 127 cm³/mol. The molecule has 33 heavy (non-hydrogen) atoms. The zero-order valence-corrected chi connectivity index (χ0v) is 19.3. The third-order valence-electron chi connectivity index (χ3n) is 4.94. The van der Waals surface area contributed by atoms with Gasteiger partial charge in [0, 0.05) is 21.9 Å². The van der Waals surface area contributed by atoms with Gasteiger partial charge in [-0.3, -0.25) is 4.79 Å². The number of carbonyl (C=O) groups is 1. The summed E-state index contributed by atoms with van der Waals surface area (Å²) in [5, 5.41) is 5.82. The number of halogens is 2. The van der Waals surface area contributed by atoms with Gasteiger partial charge in [0.05, 0.1) is 10.6 Å². The van der Waals surface area contributed by atoms with Crippen molar-refractivity contribution >= 4 is 38.9 Å². The second-order valence-electron chi connectivity index (χ2n) is 7.21. The van der Waals surface area contributed by atoms with Crippen LogP contribution in [0.5, 0.6) is 0 Å². The average molecular weight is 502 g/mol. The molecule has 1 heterocycles. The SMILES string of the molecule is NC(=O)c1nc(-c2ccc(S(N)(=O)=O)cc2)c(Cc2cc(-c3ccc(F)cc3)ccc2Cl)s1. The van der Waals surface area contributed by atoms with Gasteiger partial charge < -0.3 is 5.73 Å². The molecule has 3 aromatic carbocycles. The molecule has 1 amide bonds. The lowest BCUT2D eigenvalue weighted by Crippen LogP contribution is -2.11. The van der Waals surface area contributed by atoms with Crippen LogP contribution in [0.25, 0.3) is 22.4 Å². The summed E-state index contributed by atoms with van der Waals surface area (Å²) in [6.07, 6.45) is 0.352. The Labute approximate surface area is 198 Å². The summed E-state index contributed by atoms with van der Waals surface area (Å²) in [5.74, 6) is -0.991. The van der Waals surface area contributed by atoms with Gasteiger partial charge in [-0.1, -0.05) is 41.9 Å². The van der Waals surface area contributed by atoms with E-state index in [1.165, 1.54) is 24.3 Å². The van der Waals surface area contributed by atoms with Gasteiger partial charge in [0.25, 0.3) is 5.91 Å². The normalized spacial score (nSPS) is 11.5. The summed E-state index contributed by atoms with van der Waals surface area (Å²) in [5.41, 5.74) is 9.01. The molecule has 4 rings (SSSR count). The lowest BCUT2D eigenvalue weighted by atomic mass is 10.00. The van der Waals surface area contributed by atoms with Crippen LogP contribution >= 0.6 is 22.9 Å². The molecule has 168 valence electrons. The zero-order chi connectivity index (χ0) is 23.8. The molecule has 0 fully saturated rings. The fraction of sp³-hybridized carbons (Fsp3) is 0.0435. The summed E-state index contributed by atoms with van der Waals surface area (Å²) in [7, 11) is -3.84. The molecular weight excluding hydrogens is 485 g/mol. The van der Waals surface area contributed by atoms with Crippen molar-refractivity contribution in [1.29, 1.82) is 0 Å². The van der Waals surface area contributed by atoms with E-state index in [1.54, 1.807) is 30.3 Å². The number of rotatable bonds is 6. The Kier molecular flexibility index (Phi) is 6.31. The number of hydrogen-bond acceptors (Lipinski definition) is 5. The number of nitrogens with two attached hydrogens (primary N) is 2. The van der Waals surface area contributed by atoms with E-state index in [0.29, 0.717) is 22.7 Å². The number of carbonyl (C=O) groups excluding carboxylic acids is 1. The first-order valence-electron chi connectivity index (χ1n) is 9.59. The maximum atomic E-state index is 13.3. The summed E-state index contributed by atoms with van der Waals surface area (Å²) in [4.78, 5) is 16.8. The number of benzene rings is 3. The molecule has 0 aliphatic heterocycles. The highest BCUT2D eigenvalue weighted by atomic mass is 35.5. The van der Waals surface area contributed by atoms with Crippen molar-refractivity contribution < 1.29 is 17.6 Å². The number of primary amides is 1. The molecule has 0 atom stereocenters. The molecule has 0 radical (unpaired) electrons. The highest BCUT2D eigenvalue weighted by Crippen LogP contribution is 2.34. The second kappa shape index (κ2) is 9.03.